The Hall–Kier alpha value is -3.23. The zero-order valence-electron chi connectivity index (χ0n) is 14.9. The summed E-state index contributed by atoms with van der Waals surface area (Å²) in [5.41, 5.74) is 2.07. The highest BCUT2D eigenvalue weighted by atomic mass is 16.3. The van der Waals surface area contributed by atoms with E-state index in [9.17, 15) is 9.90 Å². The van der Waals surface area contributed by atoms with Gasteiger partial charge in [0.05, 0.1) is 18.1 Å². The quantitative estimate of drug-likeness (QED) is 0.712. The third kappa shape index (κ3) is 2.57. The molecule has 2 atom stereocenters. The van der Waals surface area contributed by atoms with E-state index in [4.69, 9.17) is 0 Å². The van der Waals surface area contributed by atoms with E-state index in [1.807, 2.05) is 16.5 Å². The molecule has 1 N–H and O–H groups in total. The van der Waals surface area contributed by atoms with Crippen molar-refractivity contribution in [3.63, 3.8) is 0 Å². The molecule has 3 aromatic rings. The first-order valence-corrected chi connectivity index (χ1v) is 8.90. The molecule has 2 saturated heterocycles. The second-order valence-corrected chi connectivity index (χ2v) is 7.29. The van der Waals surface area contributed by atoms with Gasteiger partial charge in [-0.05, 0) is 6.07 Å². The van der Waals surface area contributed by atoms with E-state index in [1.165, 1.54) is 18.5 Å². The number of fused-ring (bicyclic) bond motifs is 2. The molecule has 0 aliphatic carbocycles. The number of aromatic hydroxyl groups is 1. The number of rotatable bonds is 2. The Kier molecular flexibility index (Phi) is 3.49. The highest BCUT2D eigenvalue weighted by molar-refractivity contribution is 5.94. The van der Waals surface area contributed by atoms with Crippen molar-refractivity contribution in [2.75, 3.05) is 31.1 Å². The molecule has 9 nitrogen and oxygen atoms in total. The van der Waals surface area contributed by atoms with Crippen LogP contribution in [0.3, 0.4) is 0 Å². The van der Waals surface area contributed by atoms with E-state index >= 15 is 0 Å². The first-order chi connectivity index (χ1) is 13.1. The summed E-state index contributed by atoms with van der Waals surface area (Å²) >= 11 is 0. The maximum atomic E-state index is 12.7. The van der Waals surface area contributed by atoms with Crippen LogP contribution in [0, 0.1) is 11.8 Å². The first-order valence-electron chi connectivity index (χ1n) is 8.90. The minimum Gasteiger partial charge on any atom is -0.506 e. The van der Waals surface area contributed by atoms with Crippen molar-refractivity contribution in [1.29, 1.82) is 0 Å². The molecular formula is C18H19N7O2. The smallest absolute Gasteiger partial charge is 0.255 e. The van der Waals surface area contributed by atoms with Crippen LogP contribution in [0.25, 0.3) is 11.2 Å². The largest absolute Gasteiger partial charge is 0.506 e. The Morgan fingerprint density at radius 1 is 1.11 bits per heavy atom. The van der Waals surface area contributed by atoms with Gasteiger partial charge in [-0.1, -0.05) is 0 Å². The van der Waals surface area contributed by atoms with Gasteiger partial charge in [-0.25, -0.2) is 15.0 Å². The number of nitrogens with zero attached hydrogens (tertiary/aromatic N) is 7. The van der Waals surface area contributed by atoms with Crippen LogP contribution in [-0.4, -0.2) is 66.6 Å². The van der Waals surface area contributed by atoms with Gasteiger partial charge < -0.3 is 19.5 Å². The lowest BCUT2D eigenvalue weighted by Gasteiger charge is -2.22. The van der Waals surface area contributed by atoms with Gasteiger partial charge in [-0.3, -0.25) is 9.78 Å². The van der Waals surface area contributed by atoms with Gasteiger partial charge in [0.2, 0.25) is 0 Å². The third-order valence-corrected chi connectivity index (χ3v) is 5.52. The number of hydrogen-bond donors (Lipinski definition) is 1. The molecule has 2 fully saturated rings. The zero-order valence-corrected chi connectivity index (χ0v) is 14.9. The van der Waals surface area contributed by atoms with Crippen LogP contribution < -0.4 is 4.90 Å². The Bertz CT molecular complexity index is 1020. The molecule has 2 aliphatic rings. The van der Waals surface area contributed by atoms with E-state index in [0.717, 1.165) is 30.1 Å². The number of hydrogen-bond acceptors (Lipinski definition) is 7. The molecule has 0 saturated carbocycles. The number of pyridine rings is 1. The van der Waals surface area contributed by atoms with E-state index in [-0.39, 0.29) is 11.7 Å². The molecule has 5 rings (SSSR count). The van der Waals surface area contributed by atoms with Gasteiger partial charge in [0.25, 0.3) is 5.91 Å². The van der Waals surface area contributed by atoms with E-state index < -0.39 is 0 Å². The Labute approximate surface area is 155 Å². The Balaban J connectivity index is 1.33. The predicted molar refractivity (Wildman–Crippen MR) is 97.3 cm³/mol. The van der Waals surface area contributed by atoms with Crippen molar-refractivity contribution in [1.82, 2.24) is 29.4 Å². The topological polar surface area (TPSA) is 100 Å². The summed E-state index contributed by atoms with van der Waals surface area (Å²) in [7, 11) is 1.92. The summed E-state index contributed by atoms with van der Waals surface area (Å²) < 4.78 is 1.89. The summed E-state index contributed by atoms with van der Waals surface area (Å²) in [4.78, 5) is 33.9. The SMILES string of the molecule is Cn1cnc2c(N3CC4CN(C(=O)c5cncc(O)c5)CC4C3)ncnc21. The third-order valence-electron chi connectivity index (χ3n) is 5.52. The van der Waals surface area contributed by atoms with Gasteiger partial charge in [-0.15, -0.1) is 0 Å². The van der Waals surface area contributed by atoms with Crippen molar-refractivity contribution < 1.29 is 9.90 Å². The number of imidazole rings is 1. The monoisotopic (exact) mass is 365 g/mol. The lowest BCUT2D eigenvalue weighted by Crippen LogP contribution is -2.33. The lowest BCUT2D eigenvalue weighted by molar-refractivity contribution is 0.0781. The summed E-state index contributed by atoms with van der Waals surface area (Å²) in [6, 6.07) is 1.47. The molecule has 0 aromatic carbocycles. The van der Waals surface area contributed by atoms with E-state index in [2.05, 4.69) is 24.8 Å². The second-order valence-electron chi connectivity index (χ2n) is 7.29. The molecule has 9 heteroatoms. The molecule has 0 bridgehead atoms. The molecule has 1 amide bonds. The fourth-order valence-corrected chi connectivity index (χ4v) is 4.22. The lowest BCUT2D eigenvalue weighted by atomic mass is 10.0. The molecule has 5 heterocycles. The highest BCUT2D eigenvalue weighted by Crippen LogP contribution is 2.35. The number of likely N-dealkylation sites (tertiary alicyclic amines) is 1. The average Bonchev–Trinajstić information content (AvgIpc) is 3.34. The molecule has 0 radical (unpaired) electrons. The summed E-state index contributed by atoms with van der Waals surface area (Å²) in [6.45, 7) is 3.09. The summed E-state index contributed by atoms with van der Waals surface area (Å²) in [5.74, 6) is 1.59. The summed E-state index contributed by atoms with van der Waals surface area (Å²) in [6.07, 6.45) is 6.16. The summed E-state index contributed by atoms with van der Waals surface area (Å²) in [5, 5.41) is 9.56. The van der Waals surface area contributed by atoms with E-state index in [0.29, 0.717) is 30.5 Å². The fourth-order valence-electron chi connectivity index (χ4n) is 4.22. The highest BCUT2D eigenvalue weighted by Gasteiger charge is 2.42. The number of carbonyl (C=O) groups excluding carboxylic acids is 1. The molecule has 27 heavy (non-hydrogen) atoms. The Morgan fingerprint density at radius 3 is 2.63 bits per heavy atom. The van der Waals surface area contributed by atoms with E-state index in [1.54, 1.807) is 12.7 Å². The van der Waals surface area contributed by atoms with Crippen molar-refractivity contribution in [3.8, 4) is 5.75 Å². The number of aryl methyl sites for hydroxylation is 1. The fraction of sp³-hybridized carbons (Fsp3) is 0.389. The zero-order chi connectivity index (χ0) is 18.5. The number of anilines is 1. The molecule has 2 unspecified atom stereocenters. The maximum absolute atomic E-state index is 12.7. The van der Waals surface area contributed by atoms with Crippen molar-refractivity contribution in [2.24, 2.45) is 18.9 Å². The Morgan fingerprint density at radius 2 is 1.89 bits per heavy atom. The number of aromatic nitrogens is 5. The van der Waals surface area contributed by atoms with Crippen molar-refractivity contribution in [2.45, 2.75) is 0 Å². The van der Waals surface area contributed by atoms with Crippen LogP contribution >= 0.6 is 0 Å². The molecule has 138 valence electrons. The van der Waals surface area contributed by atoms with Gasteiger partial charge in [0.15, 0.2) is 17.0 Å². The standard InChI is InChI=1S/C18H19N7O2/c1-23-10-22-15-16(23)20-9-21-17(15)24-5-12-7-25(8-13(12)6-24)18(27)11-2-14(26)4-19-3-11/h2-4,9-10,12-13,26H,5-8H2,1H3. The van der Waals surface area contributed by atoms with Crippen molar-refractivity contribution >= 4 is 22.9 Å². The number of carbonyl (C=O) groups is 1. The predicted octanol–water partition coefficient (Wildman–Crippen LogP) is 0.672. The van der Waals surface area contributed by atoms with Gasteiger partial charge in [0.1, 0.15) is 12.1 Å². The van der Waals surface area contributed by atoms with Crippen LogP contribution in [-0.2, 0) is 7.05 Å². The van der Waals surface area contributed by atoms with Crippen LogP contribution in [0.1, 0.15) is 10.4 Å². The van der Waals surface area contributed by atoms with Crippen LogP contribution in [0.15, 0.2) is 31.1 Å². The molecule has 0 spiro atoms. The van der Waals surface area contributed by atoms with Crippen molar-refractivity contribution in [3.05, 3.63) is 36.7 Å². The normalized spacial score (nSPS) is 21.8. The van der Waals surface area contributed by atoms with Gasteiger partial charge in [-0.2, -0.15) is 0 Å². The molecule has 2 aliphatic heterocycles. The average molecular weight is 365 g/mol. The first kappa shape index (κ1) is 16.0. The van der Waals surface area contributed by atoms with Crippen LogP contribution in [0.4, 0.5) is 5.82 Å². The minimum absolute atomic E-state index is 0.00885. The second kappa shape index (κ2) is 5.90. The van der Waals surface area contributed by atoms with Crippen LogP contribution in [0.2, 0.25) is 0 Å². The van der Waals surface area contributed by atoms with Gasteiger partial charge in [0, 0.05) is 51.3 Å². The van der Waals surface area contributed by atoms with Gasteiger partial charge >= 0.3 is 0 Å². The molecular weight excluding hydrogens is 346 g/mol. The number of amides is 1. The maximum Gasteiger partial charge on any atom is 0.255 e. The van der Waals surface area contributed by atoms with Crippen LogP contribution in [0.5, 0.6) is 5.75 Å². The minimum atomic E-state index is -0.0755. The molecule has 3 aromatic heterocycles.